The Bertz CT molecular complexity index is 405. The number of hydrogen-bond acceptors (Lipinski definition) is 2. The molecule has 0 radical (unpaired) electrons. The molecule has 1 aromatic rings. The topological polar surface area (TPSA) is 38.0 Å². The number of piperidine rings is 1. The van der Waals surface area contributed by atoms with Crippen LogP contribution in [0.25, 0.3) is 0 Å². The summed E-state index contributed by atoms with van der Waals surface area (Å²) in [7, 11) is 0. The predicted molar refractivity (Wildman–Crippen MR) is 66.3 cm³/mol. The van der Waals surface area contributed by atoms with Gasteiger partial charge in [0.25, 0.3) is 0 Å². The Labute approximate surface area is 97.2 Å². The van der Waals surface area contributed by atoms with Gasteiger partial charge in [0.05, 0.1) is 0 Å². The molecule has 1 aliphatic carbocycles. The fraction of sp³-hybridized carbons (Fsp3) is 0.571. The second-order valence-corrected chi connectivity index (χ2v) is 5.47. The smallest absolute Gasteiger partial charge is 0.0359 e. The maximum absolute atomic E-state index is 6.50. The van der Waals surface area contributed by atoms with E-state index in [2.05, 4.69) is 30.4 Å². The first-order valence-electron chi connectivity index (χ1n) is 6.27. The monoisotopic (exact) mass is 216 g/mol. The van der Waals surface area contributed by atoms with Crippen LogP contribution in [0, 0.1) is 12.3 Å². The van der Waals surface area contributed by atoms with Gasteiger partial charge in [0.1, 0.15) is 0 Å². The summed E-state index contributed by atoms with van der Waals surface area (Å²) in [4.78, 5) is 0. The minimum atomic E-state index is 0.254. The quantitative estimate of drug-likeness (QED) is 0.695. The maximum atomic E-state index is 6.50. The van der Waals surface area contributed by atoms with Gasteiger partial charge in [0, 0.05) is 6.04 Å². The van der Waals surface area contributed by atoms with Crippen LogP contribution in [0.1, 0.15) is 35.6 Å². The Morgan fingerprint density at radius 1 is 1.31 bits per heavy atom. The standard InChI is InChI=1S/C14H20N2/c1-10-2-3-11-9-14(4-6-16-7-5-14)13(15)12(11)8-10/h2-3,8,13,16H,4-7,9,15H2,1H3. The zero-order valence-electron chi connectivity index (χ0n) is 9.92. The van der Waals surface area contributed by atoms with Crippen LogP contribution in [0.5, 0.6) is 0 Å². The van der Waals surface area contributed by atoms with Gasteiger partial charge >= 0.3 is 0 Å². The van der Waals surface area contributed by atoms with Crippen molar-refractivity contribution in [1.29, 1.82) is 0 Å². The van der Waals surface area contributed by atoms with Gasteiger partial charge in [-0.05, 0) is 55.8 Å². The van der Waals surface area contributed by atoms with E-state index in [4.69, 9.17) is 5.73 Å². The summed E-state index contributed by atoms with van der Waals surface area (Å²) in [6.45, 7) is 4.40. The highest BCUT2D eigenvalue weighted by Crippen LogP contribution is 2.49. The van der Waals surface area contributed by atoms with Crippen LogP contribution in [0.15, 0.2) is 18.2 Å². The lowest BCUT2D eigenvalue weighted by atomic mass is 9.73. The number of nitrogens with one attached hydrogen (secondary N) is 1. The van der Waals surface area contributed by atoms with E-state index in [9.17, 15) is 0 Å². The molecule has 2 aliphatic rings. The van der Waals surface area contributed by atoms with E-state index >= 15 is 0 Å². The summed E-state index contributed by atoms with van der Waals surface area (Å²) in [5.41, 5.74) is 11.1. The van der Waals surface area contributed by atoms with E-state index in [-0.39, 0.29) is 6.04 Å². The number of fused-ring (bicyclic) bond motifs is 1. The molecule has 1 fully saturated rings. The average Bonchev–Trinajstić information content (AvgIpc) is 2.55. The molecule has 3 N–H and O–H groups in total. The van der Waals surface area contributed by atoms with Crippen LogP contribution in [-0.4, -0.2) is 13.1 Å². The third-order valence-corrected chi connectivity index (χ3v) is 4.44. The molecule has 3 rings (SSSR count). The van der Waals surface area contributed by atoms with Crippen molar-refractivity contribution in [3.63, 3.8) is 0 Å². The van der Waals surface area contributed by atoms with Crippen LogP contribution < -0.4 is 11.1 Å². The summed E-state index contributed by atoms with van der Waals surface area (Å²) in [6.07, 6.45) is 3.63. The van der Waals surface area contributed by atoms with Crippen molar-refractivity contribution in [2.45, 2.75) is 32.2 Å². The summed E-state index contributed by atoms with van der Waals surface area (Å²) in [6, 6.07) is 7.04. The second kappa shape index (κ2) is 3.57. The summed E-state index contributed by atoms with van der Waals surface area (Å²) in [5.74, 6) is 0. The van der Waals surface area contributed by atoms with E-state index in [1.54, 1.807) is 0 Å². The molecule has 0 aromatic heterocycles. The van der Waals surface area contributed by atoms with Crippen LogP contribution in [0.4, 0.5) is 0 Å². The van der Waals surface area contributed by atoms with Gasteiger partial charge in [-0.2, -0.15) is 0 Å². The van der Waals surface area contributed by atoms with Gasteiger partial charge in [-0.25, -0.2) is 0 Å². The molecule has 2 heteroatoms. The Balaban J connectivity index is 1.99. The highest BCUT2D eigenvalue weighted by Gasteiger charge is 2.44. The van der Waals surface area contributed by atoms with Gasteiger partial charge in [-0.15, -0.1) is 0 Å². The summed E-state index contributed by atoms with van der Waals surface area (Å²) in [5, 5.41) is 3.44. The fourth-order valence-electron chi connectivity index (χ4n) is 3.40. The summed E-state index contributed by atoms with van der Waals surface area (Å²) < 4.78 is 0. The van der Waals surface area contributed by atoms with Crippen LogP contribution >= 0.6 is 0 Å². The van der Waals surface area contributed by atoms with Crippen molar-refractivity contribution in [2.75, 3.05) is 13.1 Å². The minimum Gasteiger partial charge on any atom is -0.323 e. The van der Waals surface area contributed by atoms with E-state index in [1.165, 1.54) is 36.0 Å². The molecule has 1 aromatic carbocycles. The molecule has 1 atom stereocenters. The van der Waals surface area contributed by atoms with E-state index < -0.39 is 0 Å². The molecule has 2 nitrogen and oxygen atoms in total. The van der Waals surface area contributed by atoms with E-state index in [1.807, 2.05) is 0 Å². The second-order valence-electron chi connectivity index (χ2n) is 5.47. The fourth-order valence-corrected chi connectivity index (χ4v) is 3.40. The van der Waals surface area contributed by atoms with Crippen molar-refractivity contribution in [1.82, 2.24) is 5.32 Å². The molecule has 1 heterocycles. The molecule has 0 bridgehead atoms. The van der Waals surface area contributed by atoms with Crippen molar-refractivity contribution in [2.24, 2.45) is 11.1 Å². The molecule has 1 spiro atoms. The lowest BCUT2D eigenvalue weighted by Gasteiger charge is -2.37. The lowest BCUT2D eigenvalue weighted by molar-refractivity contribution is 0.174. The van der Waals surface area contributed by atoms with Gasteiger partial charge in [-0.3, -0.25) is 0 Å². The Hall–Kier alpha value is -0.860. The first-order valence-corrected chi connectivity index (χ1v) is 6.27. The lowest BCUT2D eigenvalue weighted by Crippen LogP contribution is -2.42. The number of hydrogen-bond donors (Lipinski definition) is 2. The van der Waals surface area contributed by atoms with Gasteiger partial charge in [0.2, 0.25) is 0 Å². The maximum Gasteiger partial charge on any atom is 0.0359 e. The molecule has 1 unspecified atom stereocenters. The van der Waals surface area contributed by atoms with E-state index in [0.717, 1.165) is 13.1 Å². The molecule has 16 heavy (non-hydrogen) atoms. The van der Waals surface area contributed by atoms with Crippen molar-refractivity contribution < 1.29 is 0 Å². The first kappa shape index (κ1) is 10.3. The predicted octanol–water partition coefficient (Wildman–Crippen LogP) is 1.92. The molecule has 1 aliphatic heterocycles. The number of benzene rings is 1. The Morgan fingerprint density at radius 3 is 2.81 bits per heavy atom. The zero-order chi connectivity index (χ0) is 11.2. The Kier molecular flexibility index (Phi) is 2.30. The molecule has 86 valence electrons. The van der Waals surface area contributed by atoms with Crippen molar-refractivity contribution >= 4 is 0 Å². The molecular formula is C14H20N2. The minimum absolute atomic E-state index is 0.254. The third-order valence-electron chi connectivity index (χ3n) is 4.44. The van der Waals surface area contributed by atoms with Gasteiger partial charge < -0.3 is 11.1 Å². The molecule has 0 amide bonds. The highest BCUT2D eigenvalue weighted by molar-refractivity contribution is 5.40. The highest BCUT2D eigenvalue weighted by atomic mass is 14.9. The molecular weight excluding hydrogens is 196 g/mol. The van der Waals surface area contributed by atoms with Crippen LogP contribution in [-0.2, 0) is 6.42 Å². The van der Waals surface area contributed by atoms with Crippen LogP contribution in [0.3, 0.4) is 0 Å². The molecule has 0 saturated carbocycles. The Morgan fingerprint density at radius 2 is 2.06 bits per heavy atom. The number of nitrogens with two attached hydrogens (primary N) is 1. The zero-order valence-corrected chi connectivity index (χ0v) is 9.92. The largest absolute Gasteiger partial charge is 0.323 e. The number of aryl methyl sites for hydroxylation is 1. The first-order chi connectivity index (χ1) is 7.71. The normalized spacial score (nSPS) is 27.0. The molecule has 1 saturated heterocycles. The number of rotatable bonds is 0. The van der Waals surface area contributed by atoms with Crippen molar-refractivity contribution in [3.05, 3.63) is 34.9 Å². The van der Waals surface area contributed by atoms with E-state index in [0.29, 0.717) is 5.41 Å². The van der Waals surface area contributed by atoms with Gasteiger partial charge in [0.15, 0.2) is 0 Å². The van der Waals surface area contributed by atoms with Crippen molar-refractivity contribution in [3.8, 4) is 0 Å². The van der Waals surface area contributed by atoms with Gasteiger partial charge in [-0.1, -0.05) is 23.8 Å². The SMILES string of the molecule is Cc1ccc2c(c1)C(N)C1(CCNCC1)C2. The average molecular weight is 216 g/mol. The summed E-state index contributed by atoms with van der Waals surface area (Å²) >= 11 is 0. The van der Waals surface area contributed by atoms with Crippen LogP contribution in [0.2, 0.25) is 0 Å². The third kappa shape index (κ3) is 1.40.